The van der Waals surface area contributed by atoms with E-state index < -0.39 is 0 Å². The van der Waals surface area contributed by atoms with Crippen LogP contribution in [0.25, 0.3) is 0 Å². The van der Waals surface area contributed by atoms with Gasteiger partial charge in [0.05, 0.1) is 25.0 Å². The van der Waals surface area contributed by atoms with Crippen LogP contribution < -0.4 is 0 Å². The Hall–Kier alpha value is -0.880. The van der Waals surface area contributed by atoms with Crippen LogP contribution in [0.3, 0.4) is 0 Å². The summed E-state index contributed by atoms with van der Waals surface area (Å²) in [4.78, 5) is 4.27. The van der Waals surface area contributed by atoms with Crippen molar-refractivity contribution in [2.75, 3.05) is 0 Å². The second-order valence-corrected chi connectivity index (χ2v) is 4.54. The first-order valence-corrected chi connectivity index (χ1v) is 5.64. The van der Waals surface area contributed by atoms with Crippen molar-refractivity contribution in [3.8, 4) is 0 Å². The number of halogens is 1. The zero-order valence-electron chi connectivity index (χ0n) is 8.14. The molecule has 0 aliphatic heterocycles. The summed E-state index contributed by atoms with van der Waals surface area (Å²) in [5, 5.41) is 0. The van der Waals surface area contributed by atoms with Crippen LogP contribution in [0.4, 0.5) is 0 Å². The second kappa shape index (κ2) is 5.27. The van der Waals surface area contributed by atoms with E-state index in [0.29, 0.717) is 0 Å². The molecule has 2 rings (SSSR count). The van der Waals surface area contributed by atoms with Gasteiger partial charge in [-0.05, 0) is 24.3 Å². The van der Waals surface area contributed by atoms with E-state index in [0.717, 1.165) is 24.5 Å². The maximum Gasteiger partial charge on any atom is 0.118 e. The maximum atomic E-state index is 5.27. The Kier molecular flexibility index (Phi) is 3.74. The number of pyridine rings is 1. The summed E-state index contributed by atoms with van der Waals surface area (Å²) >= 11 is 2.28. The molecule has 2 aromatic heterocycles. The van der Waals surface area contributed by atoms with Gasteiger partial charge in [0.2, 0.25) is 0 Å². The Morgan fingerprint density at radius 1 is 1.20 bits per heavy atom. The molecule has 3 nitrogen and oxygen atoms in total. The zero-order valence-corrected chi connectivity index (χ0v) is 10.3. The van der Waals surface area contributed by atoms with Crippen molar-refractivity contribution >= 4 is 22.9 Å². The number of hydrogen-bond acceptors (Lipinski definition) is 3. The van der Waals surface area contributed by atoms with E-state index in [1.165, 1.54) is 0 Å². The minimum absolute atomic E-state index is 0.796. The molecule has 0 saturated heterocycles. The van der Waals surface area contributed by atoms with Gasteiger partial charge in [-0.15, -0.1) is 0 Å². The van der Waals surface area contributed by atoms with Crippen LogP contribution in [0.2, 0.25) is 0 Å². The molecule has 0 N–H and O–H groups in total. The van der Waals surface area contributed by atoms with E-state index in [-0.39, 0.29) is 0 Å². The van der Waals surface area contributed by atoms with Crippen LogP contribution >= 0.6 is 22.9 Å². The van der Waals surface area contributed by atoms with Gasteiger partial charge in [0.1, 0.15) is 5.76 Å². The summed E-state index contributed by atoms with van der Waals surface area (Å²) in [5.41, 5.74) is 1.07. The van der Waals surface area contributed by atoms with Crippen LogP contribution in [0.15, 0.2) is 47.2 Å². The SMILES string of the molecule is IN(Cc1ccccn1)Cc1ccco1. The third-order valence-corrected chi connectivity index (χ3v) is 2.65. The molecule has 0 unspecified atom stereocenters. The molecule has 0 radical (unpaired) electrons. The number of nitrogens with zero attached hydrogens (tertiary/aromatic N) is 2. The summed E-state index contributed by atoms with van der Waals surface area (Å²) < 4.78 is 7.41. The van der Waals surface area contributed by atoms with Crippen LogP contribution in [-0.4, -0.2) is 8.10 Å². The summed E-state index contributed by atoms with van der Waals surface area (Å²) in [7, 11) is 0. The Bertz CT molecular complexity index is 388. The molecule has 15 heavy (non-hydrogen) atoms. The summed E-state index contributed by atoms with van der Waals surface area (Å²) in [6.45, 7) is 1.62. The summed E-state index contributed by atoms with van der Waals surface area (Å²) in [6.07, 6.45) is 3.51. The largest absolute Gasteiger partial charge is 0.468 e. The fourth-order valence-electron chi connectivity index (χ4n) is 1.29. The predicted octanol–water partition coefficient (Wildman–Crippen LogP) is 3.03. The quantitative estimate of drug-likeness (QED) is 0.642. The molecule has 0 fully saturated rings. The highest BCUT2D eigenvalue weighted by atomic mass is 127. The summed E-state index contributed by atoms with van der Waals surface area (Å²) in [5.74, 6) is 0.973. The Balaban J connectivity index is 1.90. The van der Waals surface area contributed by atoms with Crippen molar-refractivity contribution in [3.05, 3.63) is 54.2 Å². The van der Waals surface area contributed by atoms with Gasteiger partial charge in [-0.1, -0.05) is 6.07 Å². The van der Waals surface area contributed by atoms with Crippen molar-refractivity contribution in [1.82, 2.24) is 8.10 Å². The molecule has 0 saturated carbocycles. The first kappa shape index (κ1) is 10.6. The fraction of sp³-hybridized carbons (Fsp3) is 0.182. The third-order valence-electron chi connectivity index (χ3n) is 1.97. The lowest BCUT2D eigenvalue weighted by Crippen LogP contribution is -2.10. The van der Waals surface area contributed by atoms with Crippen LogP contribution in [-0.2, 0) is 13.1 Å². The van der Waals surface area contributed by atoms with Crippen molar-refractivity contribution < 1.29 is 4.42 Å². The van der Waals surface area contributed by atoms with Crippen molar-refractivity contribution in [3.63, 3.8) is 0 Å². The molecular weight excluding hydrogens is 303 g/mol. The lowest BCUT2D eigenvalue weighted by molar-refractivity contribution is 0.413. The standard InChI is InChI=1S/C11H11IN2O/c12-14(9-11-5-3-7-15-11)8-10-4-1-2-6-13-10/h1-7H,8-9H2. The first-order chi connectivity index (χ1) is 7.34. The molecule has 0 spiro atoms. The molecule has 2 aromatic rings. The highest BCUT2D eigenvalue weighted by Gasteiger charge is 2.05. The van der Waals surface area contributed by atoms with E-state index in [2.05, 4.69) is 31.0 Å². The van der Waals surface area contributed by atoms with Crippen molar-refractivity contribution in [1.29, 1.82) is 0 Å². The molecule has 2 heterocycles. The first-order valence-electron chi connectivity index (χ1n) is 4.67. The number of rotatable bonds is 4. The number of hydrogen-bond donors (Lipinski definition) is 0. The van der Waals surface area contributed by atoms with Crippen molar-refractivity contribution in [2.24, 2.45) is 0 Å². The van der Waals surface area contributed by atoms with E-state index >= 15 is 0 Å². The van der Waals surface area contributed by atoms with E-state index in [9.17, 15) is 0 Å². The van der Waals surface area contributed by atoms with Gasteiger partial charge < -0.3 is 4.42 Å². The molecular formula is C11H11IN2O. The smallest absolute Gasteiger partial charge is 0.118 e. The minimum Gasteiger partial charge on any atom is -0.468 e. The van der Waals surface area contributed by atoms with Gasteiger partial charge in [0.25, 0.3) is 0 Å². The second-order valence-electron chi connectivity index (χ2n) is 3.18. The lowest BCUT2D eigenvalue weighted by Gasteiger charge is -2.11. The summed E-state index contributed by atoms with van der Waals surface area (Å²) in [6, 6.07) is 9.83. The van der Waals surface area contributed by atoms with Crippen LogP contribution in [0.5, 0.6) is 0 Å². The molecule has 78 valence electrons. The zero-order chi connectivity index (χ0) is 10.5. The number of furan rings is 1. The average molecular weight is 314 g/mol. The minimum atomic E-state index is 0.796. The Labute approximate surface area is 103 Å². The van der Waals surface area contributed by atoms with Gasteiger partial charge in [0.15, 0.2) is 0 Å². The molecule has 0 aromatic carbocycles. The Morgan fingerprint density at radius 3 is 2.80 bits per heavy atom. The number of aromatic nitrogens is 1. The molecule has 0 bridgehead atoms. The van der Waals surface area contributed by atoms with Crippen LogP contribution in [0.1, 0.15) is 11.5 Å². The predicted molar refractivity (Wildman–Crippen MR) is 66.2 cm³/mol. The molecule has 0 aliphatic rings. The average Bonchev–Trinajstić information content (AvgIpc) is 2.71. The van der Waals surface area contributed by atoms with Gasteiger partial charge in [-0.3, -0.25) is 4.98 Å². The monoisotopic (exact) mass is 314 g/mol. The van der Waals surface area contributed by atoms with Gasteiger partial charge in [0, 0.05) is 29.1 Å². The van der Waals surface area contributed by atoms with Crippen molar-refractivity contribution in [2.45, 2.75) is 13.1 Å². The van der Waals surface area contributed by atoms with E-state index in [1.807, 2.05) is 36.5 Å². The molecule has 0 atom stereocenters. The molecule has 0 amide bonds. The molecule has 4 heteroatoms. The van der Waals surface area contributed by atoms with Gasteiger partial charge in [-0.2, -0.15) is 0 Å². The van der Waals surface area contributed by atoms with Gasteiger partial charge >= 0.3 is 0 Å². The highest BCUT2D eigenvalue weighted by Crippen LogP contribution is 2.12. The van der Waals surface area contributed by atoms with Crippen LogP contribution in [0, 0.1) is 0 Å². The lowest BCUT2D eigenvalue weighted by atomic mass is 10.3. The fourth-order valence-corrected chi connectivity index (χ4v) is 1.98. The van der Waals surface area contributed by atoms with E-state index in [4.69, 9.17) is 4.42 Å². The topological polar surface area (TPSA) is 29.3 Å². The highest BCUT2D eigenvalue weighted by molar-refractivity contribution is 14.1. The molecule has 0 aliphatic carbocycles. The Morgan fingerprint density at radius 2 is 2.13 bits per heavy atom. The maximum absolute atomic E-state index is 5.27. The third kappa shape index (κ3) is 3.32. The van der Waals surface area contributed by atoms with E-state index in [1.54, 1.807) is 6.26 Å². The normalized spacial score (nSPS) is 10.8. The van der Waals surface area contributed by atoms with Gasteiger partial charge in [-0.25, -0.2) is 3.11 Å².